The first-order valence-electron chi connectivity index (χ1n) is 5.80. The Morgan fingerprint density at radius 3 is 2.88 bits per heavy atom. The summed E-state index contributed by atoms with van der Waals surface area (Å²) in [5, 5.41) is 0. The third-order valence-electron chi connectivity index (χ3n) is 2.47. The molecule has 1 aromatic rings. The van der Waals surface area contributed by atoms with E-state index in [2.05, 4.69) is 13.0 Å². The van der Waals surface area contributed by atoms with Gasteiger partial charge in [0.25, 0.3) is 0 Å². The van der Waals surface area contributed by atoms with Crippen molar-refractivity contribution in [3.05, 3.63) is 29.8 Å². The van der Waals surface area contributed by atoms with Gasteiger partial charge in [0.1, 0.15) is 12.4 Å². The number of carbonyl (C=O) groups is 1. The highest BCUT2D eigenvalue weighted by atomic mass is 16.5. The van der Waals surface area contributed by atoms with Crippen LogP contribution in [0.15, 0.2) is 24.3 Å². The van der Waals surface area contributed by atoms with Crippen molar-refractivity contribution in [1.82, 2.24) is 4.90 Å². The topological polar surface area (TPSA) is 55.6 Å². The van der Waals surface area contributed by atoms with E-state index < -0.39 is 0 Å². The molecule has 1 aromatic carbocycles. The molecule has 17 heavy (non-hydrogen) atoms. The SMILES string of the molecule is CCc1cccc(OCCN(C)CC(N)=O)c1. The van der Waals surface area contributed by atoms with Crippen LogP contribution in [0.1, 0.15) is 12.5 Å². The number of aryl methyl sites for hydroxylation is 1. The third-order valence-corrected chi connectivity index (χ3v) is 2.47. The number of ether oxygens (including phenoxy) is 1. The lowest BCUT2D eigenvalue weighted by molar-refractivity contribution is -0.118. The number of primary amides is 1. The summed E-state index contributed by atoms with van der Waals surface area (Å²) >= 11 is 0. The van der Waals surface area contributed by atoms with E-state index >= 15 is 0 Å². The Labute approximate surface area is 102 Å². The Morgan fingerprint density at radius 2 is 2.24 bits per heavy atom. The summed E-state index contributed by atoms with van der Waals surface area (Å²) in [6.45, 7) is 3.61. The van der Waals surface area contributed by atoms with Crippen molar-refractivity contribution in [2.45, 2.75) is 13.3 Å². The smallest absolute Gasteiger partial charge is 0.231 e. The number of hydrogen-bond donors (Lipinski definition) is 1. The fourth-order valence-electron chi connectivity index (χ4n) is 1.52. The zero-order chi connectivity index (χ0) is 12.7. The molecule has 4 nitrogen and oxygen atoms in total. The first kappa shape index (κ1) is 13.5. The minimum atomic E-state index is -0.319. The molecule has 0 spiro atoms. The highest BCUT2D eigenvalue weighted by Gasteiger charge is 2.02. The molecule has 0 aromatic heterocycles. The number of likely N-dealkylation sites (N-methyl/N-ethyl adjacent to an activating group) is 1. The summed E-state index contributed by atoms with van der Waals surface area (Å²) in [5.41, 5.74) is 6.35. The molecule has 94 valence electrons. The first-order chi connectivity index (χ1) is 8.11. The fraction of sp³-hybridized carbons (Fsp3) is 0.462. The molecular formula is C13H20N2O2. The number of carbonyl (C=O) groups excluding carboxylic acids is 1. The second-order valence-electron chi connectivity index (χ2n) is 4.05. The molecule has 1 amide bonds. The van der Waals surface area contributed by atoms with Crippen LogP contribution in [0.5, 0.6) is 5.75 Å². The van der Waals surface area contributed by atoms with Crippen molar-refractivity contribution < 1.29 is 9.53 Å². The zero-order valence-corrected chi connectivity index (χ0v) is 10.5. The van der Waals surface area contributed by atoms with Crippen LogP contribution in [0.2, 0.25) is 0 Å². The molecular weight excluding hydrogens is 216 g/mol. The minimum absolute atomic E-state index is 0.262. The Morgan fingerprint density at radius 1 is 1.47 bits per heavy atom. The first-order valence-corrected chi connectivity index (χ1v) is 5.80. The quantitative estimate of drug-likeness (QED) is 0.769. The van der Waals surface area contributed by atoms with E-state index in [0.29, 0.717) is 13.2 Å². The van der Waals surface area contributed by atoms with E-state index in [0.717, 1.165) is 12.2 Å². The molecule has 0 radical (unpaired) electrons. The molecule has 0 aliphatic rings. The number of benzene rings is 1. The third kappa shape index (κ3) is 5.36. The molecule has 0 saturated heterocycles. The number of hydrogen-bond acceptors (Lipinski definition) is 3. The second-order valence-corrected chi connectivity index (χ2v) is 4.05. The van der Waals surface area contributed by atoms with Gasteiger partial charge in [-0.05, 0) is 31.2 Å². The maximum absolute atomic E-state index is 10.7. The predicted octanol–water partition coefficient (Wildman–Crippen LogP) is 1.04. The maximum atomic E-state index is 10.7. The molecule has 0 fully saturated rings. The van der Waals surface area contributed by atoms with Crippen LogP contribution < -0.4 is 10.5 Å². The number of amides is 1. The molecule has 0 atom stereocenters. The Balaban J connectivity index is 2.32. The monoisotopic (exact) mass is 236 g/mol. The van der Waals surface area contributed by atoms with E-state index in [1.807, 2.05) is 30.1 Å². The second kappa shape index (κ2) is 6.91. The van der Waals surface area contributed by atoms with Crippen molar-refractivity contribution in [2.75, 3.05) is 26.7 Å². The van der Waals surface area contributed by atoms with E-state index in [1.54, 1.807) is 0 Å². The van der Waals surface area contributed by atoms with Crippen LogP contribution >= 0.6 is 0 Å². The lowest BCUT2D eigenvalue weighted by Crippen LogP contribution is -2.33. The number of nitrogens with zero attached hydrogens (tertiary/aromatic N) is 1. The average molecular weight is 236 g/mol. The molecule has 0 unspecified atom stereocenters. The van der Waals surface area contributed by atoms with Gasteiger partial charge in [0.15, 0.2) is 0 Å². The van der Waals surface area contributed by atoms with Crippen molar-refractivity contribution in [2.24, 2.45) is 5.73 Å². The molecule has 0 saturated carbocycles. The van der Waals surface area contributed by atoms with Gasteiger partial charge in [-0.25, -0.2) is 0 Å². The summed E-state index contributed by atoms with van der Waals surface area (Å²) in [7, 11) is 1.84. The van der Waals surface area contributed by atoms with Crippen molar-refractivity contribution in [3.8, 4) is 5.75 Å². The molecule has 2 N–H and O–H groups in total. The maximum Gasteiger partial charge on any atom is 0.231 e. The van der Waals surface area contributed by atoms with E-state index in [4.69, 9.17) is 10.5 Å². The van der Waals surface area contributed by atoms with Crippen LogP contribution in [0.3, 0.4) is 0 Å². The standard InChI is InChI=1S/C13H20N2O2/c1-3-11-5-4-6-12(9-11)17-8-7-15(2)10-13(14)16/h4-6,9H,3,7-8,10H2,1-2H3,(H2,14,16). The predicted molar refractivity (Wildman–Crippen MR) is 68.0 cm³/mol. The zero-order valence-electron chi connectivity index (χ0n) is 10.5. The van der Waals surface area contributed by atoms with E-state index in [9.17, 15) is 4.79 Å². The van der Waals surface area contributed by atoms with Crippen LogP contribution in [-0.2, 0) is 11.2 Å². The molecule has 1 rings (SSSR count). The Bertz CT molecular complexity index is 366. The van der Waals surface area contributed by atoms with E-state index in [1.165, 1.54) is 5.56 Å². The van der Waals surface area contributed by atoms with Gasteiger partial charge >= 0.3 is 0 Å². The highest BCUT2D eigenvalue weighted by molar-refractivity contribution is 5.75. The Kier molecular flexibility index (Phi) is 5.49. The average Bonchev–Trinajstić information content (AvgIpc) is 2.28. The molecule has 0 aliphatic carbocycles. The number of rotatable bonds is 7. The summed E-state index contributed by atoms with van der Waals surface area (Å²) in [4.78, 5) is 12.5. The van der Waals surface area contributed by atoms with Gasteiger partial charge in [0.05, 0.1) is 6.54 Å². The lowest BCUT2D eigenvalue weighted by atomic mass is 10.2. The van der Waals surface area contributed by atoms with Gasteiger partial charge in [-0.15, -0.1) is 0 Å². The van der Waals surface area contributed by atoms with Crippen molar-refractivity contribution in [1.29, 1.82) is 0 Å². The van der Waals surface area contributed by atoms with Crippen LogP contribution in [0.4, 0.5) is 0 Å². The normalized spacial score (nSPS) is 10.5. The van der Waals surface area contributed by atoms with Crippen molar-refractivity contribution in [3.63, 3.8) is 0 Å². The van der Waals surface area contributed by atoms with Crippen LogP contribution in [0.25, 0.3) is 0 Å². The minimum Gasteiger partial charge on any atom is -0.492 e. The van der Waals surface area contributed by atoms with Gasteiger partial charge in [0.2, 0.25) is 5.91 Å². The van der Waals surface area contributed by atoms with Gasteiger partial charge in [-0.3, -0.25) is 9.69 Å². The highest BCUT2D eigenvalue weighted by Crippen LogP contribution is 2.13. The van der Waals surface area contributed by atoms with Gasteiger partial charge < -0.3 is 10.5 Å². The molecule has 4 heteroatoms. The number of nitrogens with two attached hydrogens (primary N) is 1. The fourth-order valence-corrected chi connectivity index (χ4v) is 1.52. The largest absolute Gasteiger partial charge is 0.492 e. The summed E-state index contributed by atoms with van der Waals surface area (Å²) < 4.78 is 5.61. The summed E-state index contributed by atoms with van der Waals surface area (Å²) in [6.07, 6.45) is 0.999. The molecule has 0 heterocycles. The molecule has 0 aliphatic heterocycles. The van der Waals surface area contributed by atoms with Gasteiger partial charge in [-0.2, -0.15) is 0 Å². The lowest BCUT2D eigenvalue weighted by Gasteiger charge is -2.15. The summed E-state index contributed by atoms with van der Waals surface area (Å²) in [6, 6.07) is 8.04. The van der Waals surface area contributed by atoms with E-state index in [-0.39, 0.29) is 12.5 Å². The van der Waals surface area contributed by atoms with Crippen LogP contribution in [0, 0.1) is 0 Å². The Hall–Kier alpha value is -1.55. The summed E-state index contributed by atoms with van der Waals surface area (Å²) in [5.74, 6) is 0.553. The van der Waals surface area contributed by atoms with Crippen molar-refractivity contribution >= 4 is 5.91 Å². The van der Waals surface area contributed by atoms with Crippen LogP contribution in [-0.4, -0.2) is 37.6 Å². The van der Waals surface area contributed by atoms with Gasteiger partial charge in [0, 0.05) is 6.54 Å². The molecule has 0 bridgehead atoms. The van der Waals surface area contributed by atoms with Gasteiger partial charge in [-0.1, -0.05) is 19.1 Å².